The standard InChI is InChI=1S/C15H22OS/c1-3-5-12-17(15(16)9-4-2)13-14-10-7-6-8-11-14/h4,6-11,17H,3,5,12-13H2,1-2H3. The van der Waals surface area contributed by atoms with E-state index in [4.69, 9.17) is 0 Å². The van der Waals surface area contributed by atoms with Crippen molar-refractivity contribution in [2.24, 2.45) is 0 Å². The number of thiol groups is 1. The Morgan fingerprint density at radius 2 is 2.00 bits per heavy atom. The van der Waals surface area contributed by atoms with Crippen molar-refractivity contribution in [3.63, 3.8) is 0 Å². The first-order chi connectivity index (χ1) is 8.27. The summed E-state index contributed by atoms with van der Waals surface area (Å²) in [5.41, 5.74) is 1.28. The van der Waals surface area contributed by atoms with Gasteiger partial charge in [0.2, 0.25) is 0 Å². The van der Waals surface area contributed by atoms with Gasteiger partial charge in [0.15, 0.2) is 5.12 Å². The summed E-state index contributed by atoms with van der Waals surface area (Å²) in [6.07, 6.45) is 5.91. The Kier molecular flexibility index (Phi) is 6.71. The smallest absolute Gasteiger partial charge is 0.192 e. The summed E-state index contributed by atoms with van der Waals surface area (Å²) in [6.45, 7) is 4.09. The number of rotatable bonds is 6. The Hall–Kier alpha value is -1.02. The summed E-state index contributed by atoms with van der Waals surface area (Å²) in [5.74, 6) is 1.99. The first-order valence-electron chi connectivity index (χ1n) is 6.23. The van der Waals surface area contributed by atoms with Gasteiger partial charge in [0.1, 0.15) is 0 Å². The van der Waals surface area contributed by atoms with Crippen LogP contribution >= 0.6 is 10.9 Å². The Labute approximate surface area is 107 Å². The Bertz CT molecular complexity index is 356. The molecular weight excluding hydrogens is 228 g/mol. The van der Waals surface area contributed by atoms with Crippen LogP contribution in [0.15, 0.2) is 42.5 Å². The van der Waals surface area contributed by atoms with Crippen LogP contribution in [0.4, 0.5) is 0 Å². The molecule has 0 aliphatic rings. The molecule has 0 heterocycles. The van der Waals surface area contributed by atoms with Gasteiger partial charge < -0.3 is 0 Å². The molecule has 17 heavy (non-hydrogen) atoms. The highest BCUT2D eigenvalue weighted by Gasteiger charge is 2.11. The van der Waals surface area contributed by atoms with E-state index in [0.717, 1.165) is 24.3 Å². The Balaban J connectivity index is 2.66. The third-order valence-electron chi connectivity index (χ3n) is 2.62. The van der Waals surface area contributed by atoms with Gasteiger partial charge in [-0.2, -0.15) is 10.9 Å². The van der Waals surface area contributed by atoms with E-state index >= 15 is 0 Å². The fraction of sp³-hybridized carbons (Fsp3) is 0.400. The van der Waals surface area contributed by atoms with Crippen LogP contribution in [0.3, 0.4) is 0 Å². The highest BCUT2D eigenvalue weighted by atomic mass is 32.2. The van der Waals surface area contributed by atoms with Gasteiger partial charge in [-0.05, 0) is 30.7 Å². The lowest BCUT2D eigenvalue weighted by molar-refractivity contribution is -0.107. The van der Waals surface area contributed by atoms with Crippen LogP contribution in [0, 0.1) is 0 Å². The molecule has 1 unspecified atom stereocenters. The Morgan fingerprint density at radius 1 is 1.29 bits per heavy atom. The zero-order chi connectivity index (χ0) is 12.5. The maximum atomic E-state index is 12.0. The van der Waals surface area contributed by atoms with E-state index < -0.39 is 10.9 Å². The number of carbonyl (C=O) groups is 1. The molecule has 0 N–H and O–H groups in total. The van der Waals surface area contributed by atoms with Crippen LogP contribution in [0.2, 0.25) is 0 Å². The van der Waals surface area contributed by atoms with Gasteiger partial charge in [-0.25, -0.2) is 0 Å². The molecule has 0 saturated carbocycles. The topological polar surface area (TPSA) is 17.1 Å². The highest BCUT2D eigenvalue weighted by molar-refractivity contribution is 8.29. The summed E-state index contributed by atoms with van der Waals surface area (Å²) >= 11 is 0. The van der Waals surface area contributed by atoms with Gasteiger partial charge in [0, 0.05) is 5.75 Å². The summed E-state index contributed by atoms with van der Waals surface area (Å²) in [5, 5.41) is 0.333. The molecule has 2 heteroatoms. The molecule has 1 aromatic rings. The second kappa shape index (κ2) is 8.13. The van der Waals surface area contributed by atoms with E-state index in [2.05, 4.69) is 19.1 Å². The van der Waals surface area contributed by atoms with Crippen molar-refractivity contribution in [1.29, 1.82) is 0 Å². The SMILES string of the molecule is CC=CC(=O)[SH](CCCC)Cc1ccccc1. The number of benzene rings is 1. The molecule has 0 spiro atoms. The van der Waals surface area contributed by atoms with Crippen LogP contribution in [-0.2, 0) is 10.5 Å². The van der Waals surface area contributed by atoms with E-state index in [0.29, 0.717) is 5.12 Å². The van der Waals surface area contributed by atoms with Crippen molar-refractivity contribution in [3.05, 3.63) is 48.0 Å². The van der Waals surface area contributed by atoms with E-state index in [1.54, 1.807) is 6.08 Å². The average molecular weight is 250 g/mol. The van der Waals surface area contributed by atoms with E-state index in [9.17, 15) is 4.79 Å². The number of hydrogen-bond donors (Lipinski definition) is 1. The summed E-state index contributed by atoms with van der Waals surface area (Å²) in [7, 11) is -0.536. The minimum atomic E-state index is -0.536. The molecule has 0 amide bonds. The second-order valence-electron chi connectivity index (χ2n) is 4.10. The third kappa shape index (κ3) is 5.22. The number of unbranched alkanes of at least 4 members (excludes halogenated alkanes) is 1. The van der Waals surface area contributed by atoms with Crippen molar-refractivity contribution in [2.75, 3.05) is 5.75 Å². The molecule has 0 fully saturated rings. The summed E-state index contributed by atoms with van der Waals surface area (Å²) < 4.78 is 0. The van der Waals surface area contributed by atoms with Crippen molar-refractivity contribution in [3.8, 4) is 0 Å². The predicted octanol–water partition coefficient (Wildman–Crippen LogP) is 4.09. The quantitative estimate of drug-likeness (QED) is 0.594. The lowest BCUT2D eigenvalue weighted by Gasteiger charge is -2.18. The predicted molar refractivity (Wildman–Crippen MR) is 78.7 cm³/mol. The molecular formula is C15H22OS. The molecule has 0 aromatic heterocycles. The fourth-order valence-corrected chi connectivity index (χ4v) is 3.91. The van der Waals surface area contributed by atoms with Crippen LogP contribution in [0.25, 0.3) is 0 Å². The van der Waals surface area contributed by atoms with Crippen LogP contribution < -0.4 is 0 Å². The van der Waals surface area contributed by atoms with Gasteiger partial charge in [0.25, 0.3) is 0 Å². The van der Waals surface area contributed by atoms with E-state index in [-0.39, 0.29) is 0 Å². The lowest BCUT2D eigenvalue weighted by atomic mass is 10.2. The molecule has 0 aliphatic heterocycles. The van der Waals surface area contributed by atoms with Gasteiger partial charge in [-0.1, -0.05) is 49.8 Å². The van der Waals surface area contributed by atoms with Crippen molar-refractivity contribution >= 4 is 16.0 Å². The monoisotopic (exact) mass is 250 g/mol. The third-order valence-corrected chi connectivity index (χ3v) is 4.99. The molecule has 1 atom stereocenters. The zero-order valence-corrected chi connectivity index (χ0v) is 11.6. The van der Waals surface area contributed by atoms with E-state index in [1.807, 2.05) is 31.2 Å². The zero-order valence-electron chi connectivity index (χ0n) is 10.7. The molecule has 0 saturated heterocycles. The summed E-state index contributed by atoms with van der Waals surface area (Å²) in [6, 6.07) is 10.3. The minimum Gasteiger partial charge on any atom is -0.284 e. The first kappa shape index (κ1) is 14.0. The van der Waals surface area contributed by atoms with Crippen molar-refractivity contribution < 1.29 is 4.79 Å². The molecule has 1 nitrogen and oxygen atoms in total. The maximum Gasteiger partial charge on any atom is 0.192 e. The fourth-order valence-electron chi connectivity index (χ4n) is 1.67. The largest absolute Gasteiger partial charge is 0.284 e. The first-order valence-corrected chi connectivity index (χ1v) is 7.94. The van der Waals surface area contributed by atoms with E-state index in [1.165, 1.54) is 5.56 Å². The minimum absolute atomic E-state index is 0.333. The number of carbonyl (C=O) groups excluding carboxylic acids is 1. The summed E-state index contributed by atoms with van der Waals surface area (Å²) in [4.78, 5) is 12.0. The molecule has 1 rings (SSSR count). The normalized spacial score (nSPS) is 13.9. The second-order valence-corrected chi connectivity index (χ2v) is 6.38. The van der Waals surface area contributed by atoms with Crippen LogP contribution in [0.1, 0.15) is 32.3 Å². The van der Waals surface area contributed by atoms with Gasteiger partial charge in [-0.15, -0.1) is 0 Å². The Morgan fingerprint density at radius 3 is 2.59 bits per heavy atom. The average Bonchev–Trinajstić information content (AvgIpc) is 2.36. The van der Waals surface area contributed by atoms with Crippen LogP contribution in [0.5, 0.6) is 0 Å². The lowest BCUT2D eigenvalue weighted by Crippen LogP contribution is -2.03. The molecule has 0 radical (unpaired) electrons. The van der Waals surface area contributed by atoms with Crippen molar-refractivity contribution in [1.82, 2.24) is 0 Å². The molecule has 94 valence electrons. The maximum absolute atomic E-state index is 12.0. The van der Waals surface area contributed by atoms with Gasteiger partial charge in [0.05, 0.1) is 0 Å². The number of hydrogen-bond acceptors (Lipinski definition) is 1. The molecule has 0 bridgehead atoms. The van der Waals surface area contributed by atoms with Gasteiger partial charge in [-0.3, -0.25) is 4.79 Å². The van der Waals surface area contributed by atoms with Crippen LogP contribution in [-0.4, -0.2) is 10.9 Å². The highest BCUT2D eigenvalue weighted by Crippen LogP contribution is 2.32. The van der Waals surface area contributed by atoms with Gasteiger partial charge >= 0.3 is 0 Å². The number of allylic oxidation sites excluding steroid dienone is 1. The molecule has 0 aliphatic carbocycles. The molecule has 1 aromatic carbocycles. The van der Waals surface area contributed by atoms with Crippen molar-refractivity contribution in [2.45, 2.75) is 32.4 Å².